The maximum absolute atomic E-state index is 10.9. The molecule has 1 aliphatic heterocycles. The van der Waals surface area contributed by atoms with E-state index in [0.717, 1.165) is 43.1 Å². The fraction of sp³-hybridized carbons (Fsp3) is 0.438. The van der Waals surface area contributed by atoms with E-state index in [1.807, 2.05) is 26.1 Å². The van der Waals surface area contributed by atoms with Gasteiger partial charge in [-0.05, 0) is 37.5 Å². The van der Waals surface area contributed by atoms with E-state index >= 15 is 0 Å². The SMILES string of the molecule is Cc1cc([N+](=O)[O-])cnc1N(C)C1CCCN(c2cccnn2)C1. The summed E-state index contributed by atoms with van der Waals surface area (Å²) in [5.41, 5.74) is 0.831. The number of hydrogen-bond acceptors (Lipinski definition) is 7. The molecule has 0 aliphatic carbocycles. The van der Waals surface area contributed by atoms with Crippen molar-refractivity contribution in [3.05, 3.63) is 46.3 Å². The summed E-state index contributed by atoms with van der Waals surface area (Å²) >= 11 is 0. The van der Waals surface area contributed by atoms with E-state index in [1.165, 1.54) is 6.20 Å². The second-order valence-corrected chi connectivity index (χ2v) is 6.03. The lowest BCUT2D eigenvalue weighted by atomic mass is 10.0. The quantitative estimate of drug-likeness (QED) is 0.628. The summed E-state index contributed by atoms with van der Waals surface area (Å²) in [6, 6.07) is 5.69. The Hall–Kier alpha value is -2.77. The number of rotatable bonds is 4. The minimum absolute atomic E-state index is 0.0227. The van der Waals surface area contributed by atoms with Crippen molar-refractivity contribution in [1.82, 2.24) is 15.2 Å². The first-order valence-corrected chi connectivity index (χ1v) is 7.93. The minimum atomic E-state index is -0.416. The molecule has 2 aromatic rings. The minimum Gasteiger partial charge on any atom is -0.355 e. The summed E-state index contributed by atoms with van der Waals surface area (Å²) in [6.07, 6.45) is 5.09. The monoisotopic (exact) mass is 328 g/mol. The van der Waals surface area contributed by atoms with Crippen molar-refractivity contribution in [1.29, 1.82) is 0 Å². The van der Waals surface area contributed by atoms with Crippen LogP contribution in [-0.2, 0) is 0 Å². The Labute approximate surface area is 140 Å². The van der Waals surface area contributed by atoms with Crippen LogP contribution in [0.2, 0.25) is 0 Å². The number of aryl methyl sites for hydroxylation is 1. The molecule has 8 heteroatoms. The molecule has 0 bridgehead atoms. The number of piperidine rings is 1. The maximum Gasteiger partial charge on any atom is 0.287 e. The molecule has 24 heavy (non-hydrogen) atoms. The Kier molecular flexibility index (Phi) is 4.54. The molecule has 0 aromatic carbocycles. The van der Waals surface area contributed by atoms with E-state index < -0.39 is 4.92 Å². The second-order valence-electron chi connectivity index (χ2n) is 6.03. The van der Waals surface area contributed by atoms with Crippen LogP contribution >= 0.6 is 0 Å². The van der Waals surface area contributed by atoms with Crippen LogP contribution < -0.4 is 9.80 Å². The number of nitro groups is 1. The van der Waals surface area contributed by atoms with E-state index in [2.05, 4.69) is 25.0 Å². The van der Waals surface area contributed by atoms with Gasteiger partial charge in [-0.25, -0.2) is 4.98 Å². The van der Waals surface area contributed by atoms with Gasteiger partial charge in [0.2, 0.25) is 0 Å². The Balaban J connectivity index is 1.77. The summed E-state index contributed by atoms with van der Waals surface area (Å²) in [5, 5.41) is 19.0. The molecule has 0 spiro atoms. The topological polar surface area (TPSA) is 88.3 Å². The number of nitrogens with zero attached hydrogens (tertiary/aromatic N) is 6. The van der Waals surface area contributed by atoms with Crippen LogP contribution in [-0.4, -0.2) is 46.3 Å². The molecule has 126 valence electrons. The number of pyridine rings is 1. The predicted molar refractivity (Wildman–Crippen MR) is 91.3 cm³/mol. The average molecular weight is 328 g/mol. The highest BCUT2D eigenvalue weighted by Gasteiger charge is 2.26. The Morgan fingerprint density at radius 2 is 2.29 bits per heavy atom. The molecule has 0 radical (unpaired) electrons. The zero-order valence-corrected chi connectivity index (χ0v) is 13.8. The number of aromatic nitrogens is 3. The Bertz CT molecular complexity index is 724. The molecule has 1 aliphatic rings. The fourth-order valence-corrected chi connectivity index (χ4v) is 3.14. The highest BCUT2D eigenvalue weighted by molar-refractivity contribution is 5.51. The summed E-state index contributed by atoms with van der Waals surface area (Å²) in [4.78, 5) is 19.1. The largest absolute Gasteiger partial charge is 0.355 e. The molecular weight excluding hydrogens is 308 g/mol. The van der Waals surface area contributed by atoms with E-state index in [0.29, 0.717) is 0 Å². The van der Waals surface area contributed by atoms with Gasteiger partial charge in [-0.1, -0.05) is 0 Å². The van der Waals surface area contributed by atoms with Crippen molar-refractivity contribution in [2.75, 3.05) is 29.9 Å². The molecule has 1 fully saturated rings. The standard InChI is InChI=1S/C16H20N6O2/c1-12-9-14(22(23)24)10-17-16(12)20(2)13-5-4-8-21(11-13)15-6-3-7-18-19-15/h3,6-7,9-10,13H,4-5,8,11H2,1-2H3. The Morgan fingerprint density at radius 1 is 1.46 bits per heavy atom. The third-order valence-corrected chi connectivity index (χ3v) is 4.41. The molecular formula is C16H20N6O2. The van der Waals surface area contributed by atoms with Crippen LogP contribution in [0.4, 0.5) is 17.3 Å². The van der Waals surface area contributed by atoms with Crippen molar-refractivity contribution < 1.29 is 4.92 Å². The third kappa shape index (κ3) is 3.27. The van der Waals surface area contributed by atoms with Crippen LogP contribution in [0.25, 0.3) is 0 Å². The van der Waals surface area contributed by atoms with Crippen LogP contribution in [0, 0.1) is 17.0 Å². The second kappa shape index (κ2) is 6.77. The van der Waals surface area contributed by atoms with Crippen molar-refractivity contribution in [2.45, 2.75) is 25.8 Å². The summed E-state index contributed by atoms with van der Waals surface area (Å²) < 4.78 is 0. The van der Waals surface area contributed by atoms with Crippen LogP contribution in [0.5, 0.6) is 0 Å². The lowest BCUT2D eigenvalue weighted by molar-refractivity contribution is -0.385. The lowest BCUT2D eigenvalue weighted by Crippen LogP contribution is -2.47. The van der Waals surface area contributed by atoms with E-state index in [-0.39, 0.29) is 11.7 Å². The van der Waals surface area contributed by atoms with E-state index in [1.54, 1.807) is 12.3 Å². The molecule has 0 amide bonds. The highest BCUT2D eigenvalue weighted by atomic mass is 16.6. The van der Waals surface area contributed by atoms with Gasteiger partial charge in [-0.2, -0.15) is 5.10 Å². The average Bonchev–Trinajstić information content (AvgIpc) is 2.62. The van der Waals surface area contributed by atoms with E-state index in [4.69, 9.17) is 0 Å². The molecule has 3 heterocycles. The van der Waals surface area contributed by atoms with Gasteiger partial charge in [0.25, 0.3) is 5.69 Å². The van der Waals surface area contributed by atoms with E-state index in [9.17, 15) is 10.1 Å². The van der Waals surface area contributed by atoms with Gasteiger partial charge >= 0.3 is 0 Å². The molecule has 0 saturated carbocycles. The fourth-order valence-electron chi connectivity index (χ4n) is 3.14. The van der Waals surface area contributed by atoms with Gasteiger partial charge < -0.3 is 9.80 Å². The molecule has 1 saturated heterocycles. The highest BCUT2D eigenvalue weighted by Crippen LogP contribution is 2.26. The molecule has 1 atom stereocenters. The van der Waals surface area contributed by atoms with Crippen LogP contribution in [0.1, 0.15) is 18.4 Å². The number of hydrogen-bond donors (Lipinski definition) is 0. The smallest absolute Gasteiger partial charge is 0.287 e. The molecule has 8 nitrogen and oxygen atoms in total. The third-order valence-electron chi connectivity index (χ3n) is 4.41. The van der Waals surface area contributed by atoms with Gasteiger partial charge in [0, 0.05) is 38.4 Å². The predicted octanol–water partition coefficient (Wildman–Crippen LogP) is 2.19. The normalized spacial score (nSPS) is 17.6. The first kappa shape index (κ1) is 16.1. The zero-order valence-electron chi connectivity index (χ0n) is 13.8. The first-order valence-electron chi connectivity index (χ1n) is 7.93. The van der Waals surface area contributed by atoms with Crippen molar-refractivity contribution in [3.63, 3.8) is 0 Å². The molecule has 1 unspecified atom stereocenters. The van der Waals surface area contributed by atoms with Gasteiger partial charge in [-0.3, -0.25) is 10.1 Å². The van der Waals surface area contributed by atoms with Gasteiger partial charge in [-0.15, -0.1) is 5.10 Å². The maximum atomic E-state index is 10.9. The molecule has 2 aromatic heterocycles. The molecule has 3 rings (SSSR count). The summed E-state index contributed by atoms with van der Waals surface area (Å²) in [6.45, 7) is 3.64. The first-order chi connectivity index (χ1) is 11.6. The summed E-state index contributed by atoms with van der Waals surface area (Å²) in [7, 11) is 1.99. The zero-order chi connectivity index (χ0) is 17.1. The van der Waals surface area contributed by atoms with Crippen LogP contribution in [0.3, 0.4) is 0 Å². The Morgan fingerprint density at radius 3 is 2.96 bits per heavy atom. The summed E-state index contributed by atoms with van der Waals surface area (Å²) in [5.74, 6) is 1.66. The van der Waals surface area contributed by atoms with Crippen molar-refractivity contribution in [3.8, 4) is 0 Å². The lowest BCUT2D eigenvalue weighted by Gasteiger charge is -2.38. The number of likely N-dealkylation sites (N-methyl/N-ethyl adjacent to an activating group) is 1. The molecule has 0 N–H and O–H groups in total. The van der Waals surface area contributed by atoms with Gasteiger partial charge in [0.1, 0.15) is 12.0 Å². The van der Waals surface area contributed by atoms with Crippen LogP contribution in [0.15, 0.2) is 30.6 Å². The van der Waals surface area contributed by atoms with Gasteiger partial charge in [0.15, 0.2) is 5.82 Å². The van der Waals surface area contributed by atoms with Gasteiger partial charge in [0.05, 0.1) is 4.92 Å². The van der Waals surface area contributed by atoms with Crippen molar-refractivity contribution >= 4 is 17.3 Å². The van der Waals surface area contributed by atoms with Crippen molar-refractivity contribution in [2.24, 2.45) is 0 Å². The number of anilines is 2.